The second-order valence-corrected chi connectivity index (χ2v) is 5.46. The van der Waals surface area contributed by atoms with Gasteiger partial charge in [-0.15, -0.1) is 0 Å². The van der Waals surface area contributed by atoms with Crippen LogP contribution in [0.4, 0.5) is 0 Å². The Hall–Kier alpha value is -0.870. The maximum Gasteiger partial charge on any atom is 0.176 e. The molecule has 0 saturated carbocycles. The molecule has 2 rings (SSSR count). The van der Waals surface area contributed by atoms with Crippen molar-refractivity contribution >= 4 is 21.7 Å². The number of hydrogen-bond donors (Lipinski definition) is 0. The van der Waals surface area contributed by atoms with Crippen molar-refractivity contribution in [2.75, 3.05) is 26.7 Å². The van der Waals surface area contributed by atoms with Crippen molar-refractivity contribution < 1.29 is 9.53 Å². The highest BCUT2D eigenvalue weighted by Gasteiger charge is 2.15. The highest BCUT2D eigenvalue weighted by Crippen LogP contribution is 2.25. The molecule has 1 heterocycles. The van der Waals surface area contributed by atoms with Crippen LogP contribution in [0.5, 0.6) is 5.75 Å². The van der Waals surface area contributed by atoms with Crippen LogP contribution in [0.25, 0.3) is 0 Å². The van der Waals surface area contributed by atoms with Gasteiger partial charge in [0.1, 0.15) is 5.75 Å². The SMILES string of the molecule is COc1ccc(C(=O)CN2CCCCC2)cc1Br. The van der Waals surface area contributed by atoms with E-state index in [-0.39, 0.29) is 5.78 Å². The Bertz CT molecular complexity index is 428. The summed E-state index contributed by atoms with van der Waals surface area (Å²) in [4.78, 5) is 14.4. The van der Waals surface area contributed by atoms with Gasteiger partial charge in [-0.25, -0.2) is 0 Å². The Morgan fingerprint density at radius 1 is 1.33 bits per heavy atom. The molecule has 1 aliphatic heterocycles. The van der Waals surface area contributed by atoms with E-state index in [9.17, 15) is 4.79 Å². The molecule has 0 aliphatic carbocycles. The van der Waals surface area contributed by atoms with Gasteiger partial charge in [-0.2, -0.15) is 0 Å². The molecule has 1 aromatic carbocycles. The van der Waals surface area contributed by atoms with Crippen molar-refractivity contribution in [1.29, 1.82) is 0 Å². The summed E-state index contributed by atoms with van der Waals surface area (Å²) in [6, 6.07) is 5.49. The van der Waals surface area contributed by atoms with Gasteiger partial charge < -0.3 is 4.74 Å². The number of ether oxygens (including phenoxy) is 1. The number of Topliss-reactive ketones (excluding diaryl/α,β-unsaturated/α-hetero) is 1. The Balaban J connectivity index is 2.01. The fourth-order valence-corrected chi connectivity index (χ4v) is 2.79. The number of likely N-dealkylation sites (tertiary alicyclic amines) is 1. The molecule has 1 aromatic rings. The molecule has 1 fully saturated rings. The van der Waals surface area contributed by atoms with Crippen LogP contribution in [-0.2, 0) is 0 Å². The van der Waals surface area contributed by atoms with E-state index < -0.39 is 0 Å². The number of halogens is 1. The van der Waals surface area contributed by atoms with Crippen LogP contribution >= 0.6 is 15.9 Å². The molecule has 0 spiro atoms. The number of piperidine rings is 1. The van der Waals surface area contributed by atoms with E-state index in [1.54, 1.807) is 7.11 Å². The lowest BCUT2D eigenvalue weighted by molar-refractivity contribution is 0.0915. The number of carbonyl (C=O) groups is 1. The van der Waals surface area contributed by atoms with E-state index in [2.05, 4.69) is 20.8 Å². The highest BCUT2D eigenvalue weighted by atomic mass is 79.9. The first-order valence-electron chi connectivity index (χ1n) is 6.30. The van der Waals surface area contributed by atoms with Crippen molar-refractivity contribution in [1.82, 2.24) is 4.90 Å². The topological polar surface area (TPSA) is 29.5 Å². The van der Waals surface area contributed by atoms with E-state index in [0.29, 0.717) is 6.54 Å². The summed E-state index contributed by atoms with van der Waals surface area (Å²) in [5, 5.41) is 0. The van der Waals surface area contributed by atoms with E-state index in [1.165, 1.54) is 19.3 Å². The molecule has 1 aliphatic rings. The standard InChI is InChI=1S/C14H18BrNO2/c1-18-14-6-5-11(9-12(14)15)13(17)10-16-7-3-2-4-8-16/h5-6,9H,2-4,7-8,10H2,1H3. The van der Waals surface area contributed by atoms with Gasteiger partial charge in [-0.05, 0) is 60.1 Å². The summed E-state index contributed by atoms with van der Waals surface area (Å²) < 4.78 is 5.99. The van der Waals surface area contributed by atoms with E-state index in [4.69, 9.17) is 4.74 Å². The number of rotatable bonds is 4. The Labute approximate surface area is 116 Å². The summed E-state index contributed by atoms with van der Waals surface area (Å²) in [6.07, 6.45) is 3.71. The quantitative estimate of drug-likeness (QED) is 0.800. The maximum atomic E-state index is 12.2. The lowest BCUT2D eigenvalue weighted by Gasteiger charge is -2.25. The van der Waals surface area contributed by atoms with E-state index >= 15 is 0 Å². The molecule has 0 unspecified atom stereocenters. The molecule has 0 radical (unpaired) electrons. The summed E-state index contributed by atoms with van der Waals surface area (Å²) >= 11 is 3.41. The summed E-state index contributed by atoms with van der Waals surface area (Å²) in [7, 11) is 1.62. The highest BCUT2D eigenvalue weighted by molar-refractivity contribution is 9.10. The molecular formula is C14H18BrNO2. The van der Waals surface area contributed by atoms with E-state index in [0.717, 1.165) is 28.9 Å². The van der Waals surface area contributed by atoms with Gasteiger partial charge in [0.25, 0.3) is 0 Å². The van der Waals surface area contributed by atoms with Crippen LogP contribution in [0.15, 0.2) is 22.7 Å². The van der Waals surface area contributed by atoms with Gasteiger partial charge in [0, 0.05) is 5.56 Å². The van der Waals surface area contributed by atoms with Crippen molar-refractivity contribution in [2.24, 2.45) is 0 Å². The second-order valence-electron chi connectivity index (χ2n) is 4.61. The normalized spacial score (nSPS) is 16.6. The van der Waals surface area contributed by atoms with Gasteiger partial charge in [0.2, 0.25) is 0 Å². The number of ketones is 1. The molecule has 18 heavy (non-hydrogen) atoms. The van der Waals surface area contributed by atoms with Gasteiger partial charge in [-0.3, -0.25) is 9.69 Å². The molecule has 0 atom stereocenters. The molecule has 0 N–H and O–H groups in total. The number of hydrogen-bond acceptors (Lipinski definition) is 3. The van der Waals surface area contributed by atoms with Crippen LogP contribution in [0.3, 0.4) is 0 Å². The van der Waals surface area contributed by atoms with Crippen LogP contribution in [0, 0.1) is 0 Å². The first kappa shape index (κ1) is 13.6. The zero-order chi connectivity index (χ0) is 13.0. The molecule has 0 amide bonds. The van der Waals surface area contributed by atoms with Gasteiger partial charge in [0.15, 0.2) is 5.78 Å². The Kier molecular flexibility index (Phi) is 4.78. The molecule has 0 bridgehead atoms. The number of benzene rings is 1. The molecule has 0 aromatic heterocycles. The monoisotopic (exact) mass is 311 g/mol. The van der Waals surface area contributed by atoms with Gasteiger partial charge in [0.05, 0.1) is 18.1 Å². The first-order chi connectivity index (χ1) is 8.70. The minimum atomic E-state index is 0.181. The Morgan fingerprint density at radius 2 is 2.06 bits per heavy atom. The zero-order valence-electron chi connectivity index (χ0n) is 10.6. The van der Waals surface area contributed by atoms with Gasteiger partial charge >= 0.3 is 0 Å². The fourth-order valence-electron chi connectivity index (χ4n) is 2.25. The first-order valence-corrected chi connectivity index (χ1v) is 7.09. The smallest absolute Gasteiger partial charge is 0.176 e. The predicted octanol–water partition coefficient (Wildman–Crippen LogP) is 3.13. The predicted molar refractivity (Wildman–Crippen MR) is 75.3 cm³/mol. The van der Waals surface area contributed by atoms with Crippen LogP contribution in [0.1, 0.15) is 29.6 Å². The van der Waals surface area contributed by atoms with Crippen LogP contribution < -0.4 is 4.74 Å². The number of carbonyl (C=O) groups excluding carboxylic acids is 1. The molecule has 98 valence electrons. The van der Waals surface area contributed by atoms with Crippen molar-refractivity contribution in [3.63, 3.8) is 0 Å². The number of methoxy groups -OCH3 is 1. The fraction of sp³-hybridized carbons (Fsp3) is 0.500. The molecule has 3 nitrogen and oxygen atoms in total. The maximum absolute atomic E-state index is 12.2. The van der Waals surface area contributed by atoms with Crippen LogP contribution in [0.2, 0.25) is 0 Å². The van der Waals surface area contributed by atoms with Crippen LogP contribution in [-0.4, -0.2) is 37.4 Å². The lowest BCUT2D eigenvalue weighted by atomic mass is 10.1. The average Bonchev–Trinajstić information content (AvgIpc) is 2.39. The lowest BCUT2D eigenvalue weighted by Crippen LogP contribution is -2.34. The van der Waals surface area contributed by atoms with E-state index in [1.807, 2.05) is 18.2 Å². The summed E-state index contributed by atoms with van der Waals surface area (Å²) in [5.41, 5.74) is 0.744. The number of nitrogens with zero attached hydrogens (tertiary/aromatic N) is 1. The Morgan fingerprint density at radius 3 is 2.67 bits per heavy atom. The van der Waals surface area contributed by atoms with Crippen molar-refractivity contribution in [2.45, 2.75) is 19.3 Å². The zero-order valence-corrected chi connectivity index (χ0v) is 12.2. The molecule has 4 heteroatoms. The summed E-state index contributed by atoms with van der Waals surface area (Å²) in [6.45, 7) is 2.62. The average molecular weight is 312 g/mol. The summed E-state index contributed by atoms with van der Waals surface area (Å²) in [5.74, 6) is 0.935. The third-order valence-corrected chi connectivity index (χ3v) is 3.91. The van der Waals surface area contributed by atoms with Gasteiger partial charge in [-0.1, -0.05) is 6.42 Å². The second kappa shape index (κ2) is 6.34. The van der Waals surface area contributed by atoms with Crippen molar-refractivity contribution in [3.8, 4) is 5.75 Å². The van der Waals surface area contributed by atoms with Crippen molar-refractivity contribution in [3.05, 3.63) is 28.2 Å². The molecule has 1 saturated heterocycles. The third-order valence-electron chi connectivity index (χ3n) is 3.29. The molecular weight excluding hydrogens is 294 g/mol. The minimum absolute atomic E-state index is 0.181. The largest absolute Gasteiger partial charge is 0.496 e. The third kappa shape index (κ3) is 3.33. The minimum Gasteiger partial charge on any atom is -0.496 e.